The summed E-state index contributed by atoms with van der Waals surface area (Å²) in [4.78, 5) is 2.61. The molecule has 1 aliphatic heterocycles. The average Bonchev–Trinajstić information content (AvgIpc) is 3.00. The molecule has 0 saturated heterocycles. The van der Waals surface area contributed by atoms with E-state index in [1.54, 1.807) is 28.0 Å². The maximum absolute atomic E-state index is 3.50. The van der Waals surface area contributed by atoms with Crippen LogP contribution in [0.5, 0.6) is 0 Å². The van der Waals surface area contributed by atoms with Crippen LogP contribution in [0.3, 0.4) is 0 Å². The Morgan fingerprint density at radius 1 is 0.947 bits per heavy atom. The third-order valence-electron chi connectivity index (χ3n) is 4.59. The van der Waals surface area contributed by atoms with Gasteiger partial charge in [-0.15, -0.1) is 0 Å². The molecule has 3 aliphatic rings. The number of rotatable bonds is 5. The van der Waals surface area contributed by atoms with Gasteiger partial charge in [-0.1, -0.05) is 30.6 Å². The normalized spacial score (nSPS) is 21.7. The van der Waals surface area contributed by atoms with Crippen molar-refractivity contribution in [1.82, 2.24) is 10.2 Å². The van der Waals surface area contributed by atoms with Crippen molar-refractivity contribution in [1.29, 1.82) is 0 Å². The van der Waals surface area contributed by atoms with Crippen LogP contribution in [0.15, 0.2) is 34.1 Å². The van der Waals surface area contributed by atoms with Gasteiger partial charge < -0.3 is 10.2 Å². The summed E-state index contributed by atoms with van der Waals surface area (Å²) in [5, 5.41) is 3.50. The number of nitrogens with zero attached hydrogens (tertiary/aromatic N) is 1. The highest BCUT2D eigenvalue weighted by Gasteiger charge is 2.27. The molecule has 3 rings (SSSR count). The van der Waals surface area contributed by atoms with Crippen molar-refractivity contribution in [2.75, 3.05) is 26.2 Å². The van der Waals surface area contributed by atoms with Gasteiger partial charge in [-0.05, 0) is 37.3 Å². The molecule has 0 bridgehead atoms. The predicted molar refractivity (Wildman–Crippen MR) is 81.0 cm³/mol. The molecule has 1 heterocycles. The fourth-order valence-corrected chi connectivity index (χ4v) is 3.66. The fraction of sp³-hybridized carbons (Fsp3) is 0.647. The van der Waals surface area contributed by atoms with Crippen molar-refractivity contribution >= 4 is 0 Å². The Balaban J connectivity index is 1.69. The zero-order valence-corrected chi connectivity index (χ0v) is 12.4. The van der Waals surface area contributed by atoms with Gasteiger partial charge in [0.2, 0.25) is 0 Å². The van der Waals surface area contributed by atoms with Crippen LogP contribution in [0.1, 0.15) is 46.0 Å². The number of allylic oxidation sites excluding steroid dienone is 3. The minimum atomic E-state index is 1.13. The molecule has 0 radical (unpaired) electrons. The lowest BCUT2D eigenvalue weighted by molar-refractivity contribution is 0.339. The second-order valence-corrected chi connectivity index (χ2v) is 6.09. The third-order valence-corrected chi connectivity index (χ3v) is 4.59. The molecule has 104 valence electrons. The van der Waals surface area contributed by atoms with Gasteiger partial charge >= 0.3 is 0 Å². The quantitative estimate of drug-likeness (QED) is 0.760. The van der Waals surface area contributed by atoms with Gasteiger partial charge in [-0.3, -0.25) is 0 Å². The molecule has 2 nitrogen and oxygen atoms in total. The van der Waals surface area contributed by atoms with E-state index in [2.05, 4.69) is 30.1 Å². The first-order chi connectivity index (χ1) is 9.31. The van der Waals surface area contributed by atoms with Gasteiger partial charge in [-0.25, -0.2) is 0 Å². The summed E-state index contributed by atoms with van der Waals surface area (Å²) >= 11 is 0. The van der Waals surface area contributed by atoms with Gasteiger partial charge in [-0.2, -0.15) is 0 Å². The van der Waals surface area contributed by atoms with E-state index >= 15 is 0 Å². The van der Waals surface area contributed by atoms with Crippen molar-refractivity contribution in [3.63, 3.8) is 0 Å². The summed E-state index contributed by atoms with van der Waals surface area (Å²) in [6, 6.07) is 0. The van der Waals surface area contributed by atoms with Crippen LogP contribution in [0.4, 0.5) is 0 Å². The summed E-state index contributed by atoms with van der Waals surface area (Å²) in [7, 11) is 0. The Morgan fingerprint density at radius 3 is 2.32 bits per heavy atom. The van der Waals surface area contributed by atoms with Gasteiger partial charge in [0.05, 0.1) is 0 Å². The Kier molecular flexibility index (Phi) is 3.79. The highest BCUT2D eigenvalue weighted by atomic mass is 15.1. The first-order valence-corrected chi connectivity index (χ1v) is 7.88. The molecule has 0 fully saturated rings. The van der Waals surface area contributed by atoms with E-state index in [1.807, 2.05) is 0 Å². The van der Waals surface area contributed by atoms with E-state index in [4.69, 9.17) is 0 Å². The highest BCUT2D eigenvalue weighted by molar-refractivity contribution is 5.48. The molecule has 0 saturated carbocycles. The zero-order chi connectivity index (χ0) is 13.2. The number of hydrogen-bond donors (Lipinski definition) is 1. The molecule has 0 spiro atoms. The fourth-order valence-electron chi connectivity index (χ4n) is 3.66. The van der Waals surface area contributed by atoms with Gasteiger partial charge in [0.25, 0.3) is 0 Å². The molecular weight excluding hydrogens is 232 g/mol. The van der Waals surface area contributed by atoms with Crippen molar-refractivity contribution in [2.45, 2.75) is 46.0 Å². The molecule has 0 aromatic heterocycles. The minimum absolute atomic E-state index is 1.13. The standard InChI is InChI=1S/C17H26N2/c1-3-5-19(6-4-2)17-9-13-7-15-11-18-12-16(15)8-14(13)10-17/h9,18H,3-8,10-12H2,1-2H3. The van der Waals surface area contributed by atoms with Crippen LogP contribution in [0.2, 0.25) is 0 Å². The van der Waals surface area contributed by atoms with Crippen molar-refractivity contribution in [3.8, 4) is 0 Å². The van der Waals surface area contributed by atoms with E-state index < -0.39 is 0 Å². The molecule has 0 amide bonds. The maximum atomic E-state index is 3.50. The smallest absolute Gasteiger partial charge is 0.0177 e. The lowest BCUT2D eigenvalue weighted by Crippen LogP contribution is -2.24. The molecule has 0 aromatic rings. The minimum Gasteiger partial charge on any atom is -0.375 e. The number of hydrogen-bond acceptors (Lipinski definition) is 2. The van der Waals surface area contributed by atoms with Gasteiger partial charge in [0, 0.05) is 38.3 Å². The third kappa shape index (κ3) is 2.51. The molecule has 2 aliphatic carbocycles. The Morgan fingerprint density at radius 2 is 1.63 bits per heavy atom. The maximum Gasteiger partial charge on any atom is 0.0177 e. The van der Waals surface area contributed by atoms with E-state index in [0.717, 1.165) is 13.1 Å². The lowest BCUT2D eigenvalue weighted by Gasteiger charge is -2.25. The monoisotopic (exact) mass is 258 g/mol. The van der Waals surface area contributed by atoms with E-state index in [0.29, 0.717) is 0 Å². The van der Waals surface area contributed by atoms with Crippen LogP contribution in [-0.4, -0.2) is 31.1 Å². The summed E-state index contributed by atoms with van der Waals surface area (Å²) in [6.45, 7) is 9.27. The van der Waals surface area contributed by atoms with Crippen molar-refractivity contribution in [2.24, 2.45) is 0 Å². The molecule has 0 aromatic carbocycles. The number of nitrogens with one attached hydrogen (secondary N) is 1. The average molecular weight is 258 g/mol. The SMILES string of the molecule is CCCN(CCC)C1=CC2=C(C1)CC1=C(CNC1)C2. The summed E-state index contributed by atoms with van der Waals surface area (Å²) in [5.74, 6) is 0. The first kappa shape index (κ1) is 13.0. The van der Waals surface area contributed by atoms with Crippen LogP contribution in [0.25, 0.3) is 0 Å². The molecule has 19 heavy (non-hydrogen) atoms. The van der Waals surface area contributed by atoms with Crippen LogP contribution in [0, 0.1) is 0 Å². The molecule has 0 atom stereocenters. The highest BCUT2D eigenvalue weighted by Crippen LogP contribution is 2.40. The molecular formula is C17H26N2. The summed E-state index contributed by atoms with van der Waals surface area (Å²) in [6.07, 6.45) is 8.67. The van der Waals surface area contributed by atoms with Gasteiger partial charge in [0.1, 0.15) is 0 Å². The second kappa shape index (κ2) is 5.54. The van der Waals surface area contributed by atoms with E-state index in [-0.39, 0.29) is 0 Å². The first-order valence-electron chi connectivity index (χ1n) is 7.88. The van der Waals surface area contributed by atoms with Crippen molar-refractivity contribution in [3.05, 3.63) is 34.1 Å². The molecule has 1 N–H and O–H groups in total. The summed E-state index contributed by atoms with van der Waals surface area (Å²) in [5.41, 5.74) is 8.28. The topological polar surface area (TPSA) is 15.3 Å². The Bertz CT molecular complexity index is 448. The van der Waals surface area contributed by atoms with Gasteiger partial charge in [0.15, 0.2) is 0 Å². The van der Waals surface area contributed by atoms with Crippen molar-refractivity contribution < 1.29 is 0 Å². The molecule has 0 unspecified atom stereocenters. The Labute approximate surface area is 117 Å². The van der Waals surface area contributed by atoms with E-state index in [9.17, 15) is 0 Å². The predicted octanol–water partition coefficient (Wildman–Crippen LogP) is 3.39. The second-order valence-electron chi connectivity index (χ2n) is 6.09. The lowest BCUT2D eigenvalue weighted by atomic mass is 9.89. The van der Waals surface area contributed by atoms with Crippen LogP contribution in [-0.2, 0) is 0 Å². The Hall–Kier alpha value is -1.02. The van der Waals surface area contributed by atoms with Crippen LogP contribution < -0.4 is 5.32 Å². The van der Waals surface area contributed by atoms with E-state index in [1.165, 1.54) is 45.2 Å². The van der Waals surface area contributed by atoms with Crippen LogP contribution >= 0.6 is 0 Å². The molecule has 2 heteroatoms. The largest absolute Gasteiger partial charge is 0.375 e. The summed E-state index contributed by atoms with van der Waals surface area (Å²) < 4.78 is 0. The zero-order valence-electron chi connectivity index (χ0n) is 12.4.